The Hall–Kier alpha value is -1.85. The molecule has 2 aliphatic rings. The van der Waals surface area contributed by atoms with Crippen molar-refractivity contribution in [3.63, 3.8) is 0 Å². The minimum atomic E-state index is 0.0698. The summed E-state index contributed by atoms with van der Waals surface area (Å²) in [6.07, 6.45) is 7.74. The molecule has 2 saturated heterocycles. The van der Waals surface area contributed by atoms with Gasteiger partial charge in [0, 0.05) is 45.1 Å². The Morgan fingerprint density at radius 1 is 1.22 bits per heavy atom. The van der Waals surface area contributed by atoms with Gasteiger partial charge in [-0.2, -0.15) is 5.10 Å². The van der Waals surface area contributed by atoms with Crippen LogP contribution < -0.4 is 0 Å². The summed E-state index contributed by atoms with van der Waals surface area (Å²) in [6.45, 7) is 7.51. The molecule has 0 bridgehead atoms. The number of aryl methyl sites for hydroxylation is 2. The van der Waals surface area contributed by atoms with Crippen LogP contribution in [0.2, 0.25) is 0 Å². The maximum Gasteiger partial charge on any atom is 0.272 e. The predicted octanol–water partition coefficient (Wildman–Crippen LogP) is 3.02. The van der Waals surface area contributed by atoms with Crippen molar-refractivity contribution in [3.05, 3.63) is 17.5 Å². The van der Waals surface area contributed by atoms with Gasteiger partial charge in [0.2, 0.25) is 5.91 Å². The lowest BCUT2D eigenvalue weighted by atomic mass is 9.73. The largest absolute Gasteiger partial charge is 0.342 e. The molecule has 6 heteroatoms. The number of likely N-dealkylation sites (tertiary alicyclic amines) is 2. The summed E-state index contributed by atoms with van der Waals surface area (Å²) >= 11 is 0. The first-order valence-corrected chi connectivity index (χ1v) is 10.6. The number of hydrogen-bond donors (Lipinski definition) is 0. The van der Waals surface area contributed by atoms with Crippen LogP contribution in [-0.2, 0) is 18.3 Å². The molecule has 3 rings (SSSR count). The lowest BCUT2D eigenvalue weighted by Crippen LogP contribution is -2.55. The lowest BCUT2D eigenvalue weighted by molar-refractivity contribution is -0.139. The molecule has 0 saturated carbocycles. The minimum absolute atomic E-state index is 0.0698. The zero-order chi connectivity index (χ0) is 19.4. The number of unbranched alkanes of at least 4 members (excludes halogenated alkanes) is 1. The fourth-order valence-corrected chi connectivity index (χ4v) is 4.64. The lowest BCUT2D eigenvalue weighted by Gasteiger charge is -2.48. The van der Waals surface area contributed by atoms with Crippen molar-refractivity contribution in [2.24, 2.45) is 12.5 Å². The van der Waals surface area contributed by atoms with Crippen LogP contribution in [0.15, 0.2) is 6.07 Å². The van der Waals surface area contributed by atoms with Gasteiger partial charge in [-0.25, -0.2) is 0 Å². The van der Waals surface area contributed by atoms with Crippen LogP contribution in [0.1, 0.15) is 75.0 Å². The van der Waals surface area contributed by atoms with Gasteiger partial charge in [-0.3, -0.25) is 14.3 Å². The molecule has 1 unspecified atom stereocenters. The highest BCUT2D eigenvalue weighted by Crippen LogP contribution is 2.39. The van der Waals surface area contributed by atoms with Crippen LogP contribution in [0.25, 0.3) is 0 Å². The van der Waals surface area contributed by atoms with Crippen molar-refractivity contribution in [2.45, 2.75) is 65.2 Å². The Balaban J connectivity index is 1.71. The Morgan fingerprint density at radius 3 is 2.78 bits per heavy atom. The van der Waals surface area contributed by atoms with E-state index in [9.17, 15) is 9.59 Å². The molecular formula is C21H34N4O2. The zero-order valence-electron chi connectivity index (χ0n) is 17.2. The number of hydrogen-bond acceptors (Lipinski definition) is 3. The molecule has 0 N–H and O–H groups in total. The van der Waals surface area contributed by atoms with Crippen LogP contribution in [0, 0.1) is 5.41 Å². The fourth-order valence-electron chi connectivity index (χ4n) is 4.64. The van der Waals surface area contributed by atoms with Crippen molar-refractivity contribution in [2.75, 3.05) is 26.2 Å². The highest BCUT2D eigenvalue weighted by molar-refractivity contribution is 5.92. The molecule has 2 amide bonds. The second kappa shape index (κ2) is 8.44. The molecule has 1 aromatic heterocycles. The fraction of sp³-hybridized carbons (Fsp3) is 0.762. The number of carbonyl (C=O) groups is 2. The van der Waals surface area contributed by atoms with E-state index in [-0.39, 0.29) is 17.2 Å². The molecule has 6 nitrogen and oxygen atoms in total. The van der Waals surface area contributed by atoms with Gasteiger partial charge in [-0.05, 0) is 38.2 Å². The van der Waals surface area contributed by atoms with Crippen molar-refractivity contribution in [3.8, 4) is 0 Å². The quantitative estimate of drug-likeness (QED) is 0.769. The third-order valence-corrected chi connectivity index (χ3v) is 6.13. The standard InChI is InChI=1S/C21H34N4O2/c1-4-6-12-24-15-21(11-9-19(24)26)10-7-13-25(16-21)20(27)18-14-17(8-5-2)22-23(18)3/h14H,4-13,15-16H2,1-3H3. The summed E-state index contributed by atoms with van der Waals surface area (Å²) in [6, 6.07) is 1.95. The van der Waals surface area contributed by atoms with Crippen LogP contribution >= 0.6 is 0 Å². The molecular weight excluding hydrogens is 340 g/mol. The second-order valence-electron chi connectivity index (χ2n) is 8.39. The molecule has 1 spiro atoms. The van der Waals surface area contributed by atoms with Crippen LogP contribution in [0.4, 0.5) is 0 Å². The van der Waals surface area contributed by atoms with Gasteiger partial charge in [0.15, 0.2) is 0 Å². The summed E-state index contributed by atoms with van der Waals surface area (Å²) in [4.78, 5) is 29.5. The van der Waals surface area contributed by atoms with Crippen molar-refractivity contribution < 1.29 is 9.59 Å². The molecule has 0 aliphatic carbocycles. The first-order chi connectivity index (χ1) is 13.0. The summed E-state index contributed by atoms with van der Waals surface area (Å²) in [5.41, 5.74) is 1.75. The van der Waals surface area contributed by atoms with E-state index < -0.39 is 0 Å². The SMILES string of the molecule is CCCCN1CC2(CCCN(C(=O)c3cc(CCC)nn3C)C2)CCC1=O. The Morgan fingerprint density at radius 2 is 2.04 bits per heavy atom. The number of carbonyl (C=O) groups excluding carboxylic acids is 2. The molecule has 150 valence electrons. The number of piperidine rings is 2. The third kappa shape index (κ3) is 4.36. The molecule has 3 heterocycles. The topological polar surface area (TPSA) is 58.4 Å². The van der Waals surface area contributed by atoms with Crippen molar-refractivity contribution in [1.29, 1.82) is 0 Å². The molecule has 0 aromatic carbocycles. The Bertz CT molecular complexity index is 684. The Kier molecular flexibility index (Phi) is 6.22. The van der Waals surface area contributed by atoms with Gasteiger partial charge in [-0.1, -0.05) is 26.7 Å². The predicted molar refractivity (Wildman–Crippen MR) is 105 cm³/mol. The normalized spacial score (nSPS) is 23.3. The smallest absolute Gasteiger partial charge is 0.272 e. The van der Waals surface area contributed by atoms with Gasteiger partial charge in [0.05, 0.1) is 5.69 Å². The van der Waals surface area contributed by atoms with E-state index in [4.69, 9.17) is 0 Å². The van der Waals surface area contributed by atoms with E-state index in [1.165, 1.54) is 0 Å². The number of rotatable bonds is 6. The monoisotopic (exact) mass is 374 g/mol. The number of amides is 2. The molecule has 27 heavy (non-hydrogen) atoms. The summed E-state index contributed by atoms with van der Waals surface area (Å²) in [5, 5.41) is 4.49. The van der Waals surface area contributed by atoms with Gasteiger partial charge < -0.3 is 9.80 Å². The maximum atomic E-state index is 13.2. The van der Waals surface area contributed by atoms with Crippen molar-refractivity contribution in [1.82, 2.24) is 19.6 Å². The van der Waals surface area contributed by atoms with Gasteiger partial charge in [0.1, 0.15) is 5.69 Å². The second-order valence-corrected chi connectivity index (χ2v) is 8.39. The van der Waals surface area contributed by atoms with Crippen LogP contribution in [0.3, 0.4) is 0 Å². The van der Waals surface area contributed by atoms with Gasteiger partial charge >= 0.3 is 0 Å². The van der Waals surface area contributed by atoms with Crippen molar-refractivity contribution >= 4 is 11.8 Å². The minimum Gasteiger partial charge on any atom is -0.342 e. The number of nitrogens with zero attached hydrogens (tertiary/aromatic N) is 4. The average molecular weight is 375 g/mol. The Labute approximate surface area is 162 Å². The van der Waals surface area contributed by atoms with Gasteiger partial charge in [0.25, 0.3) is 5.91 Å². The molecule has 0 radical (unpaired) electrons. The van der Waals surface area contributed by atoms with E-state index in [0.29, 0.717) is 12.1 Å². The molecule has 2 aliphatic heterocycles. The first-order valence-electron chi connectivity index (χ1n) is 10.6. The number of aromatic nitrogens is 2. The van der Waals surface area contributed by atoms with Gasteiger partial charge in [-0.15, -0.1) is 0 Å². The van der Waals surface area contributed by atoms with E-state index >= 15 is 0 Å². The molecule has 1 aromatic rings. The van der Waals surface area contributed by atoms with E-state index in [1.54, 1.807) is 4.68 Å². The third-order valence-electron chi connectivity index (χ3n) is 6.13. The van der Waals surface area contributed by atoms with Crippen LogP contribution in [-0.4, -0.2) is 57.6 Å². The zero-order valence-corrected chi connectivity index (χ0v) is 17.2. The van der Waals surface area contributed by atoms with E-state index in [1.807, 2.05) is 22.9 Å². The summed E-state index contributed by atoms with van der Waals surface area (Å²) < 4.78 is 1.73. The highest BCUT2D eigenvalue weighted by atomic mass is 16.2. The average Bonchev–Trinajstić information content (AvgIpc) is 3.03. The molecule has 2 fully saturated rings. The van der Waals surface area contributed by atoms with Crippen LogP contribution in [0.5, 0.6) is 0 Å². The summed E-state index contributed by atoms with van der Waals surface area (Å²) in [7, 11) is 1.86. The van der Waals surface area contributed by atoms with E-state index in [0.717, 1.165) is 76.8 Å². The summed E-state index contributed by atoms with van der Waals surface area (Å²) in [5.74, 6) is 0.372. The van der Waals surface area contributed by atoms with E-state index in [2.05, 4.69) is 18.9 Å². The highest BCUT2D eigenvalue weighted by Gasteiger charge is 2.42. The maximum absolute atomic E-state index is 13.2. The first kappa shape index (κ1) is 19.9. The molecule has 1 atom stereocenters.